The topological polar surface area (TPSA) is 78.5 Å². The second-order valence-corrected chi connectivity index (χ2v) is 9.31. The van der Waals surface area contributed by atoms with Crippen LogP contribution in [0.2, 0.25) is 0 Å². The maximum absolute atomic E-state index is 13.1. The van der Waals surface area contributed by atoms with Crippen LogP contribution in [0.5, 0.6) is 0 Å². The van der Waals surface area contributed by atoms with Gasteiger partial charge in [0.1, 0.15) is 5.82 Å². The lowest BCUT2D eigenvalue weighted by Crippen LogP contribution is -2.34. The molecule has 9 heteroatoms. The van der Waals surface area contributed by atoms with Crippen molar-refractivity contribution >= 4 is 33.0 Å². The van der Waals surface area contributed by atoms with E-state index in [0.717, 1.165) is 17.7 Å². The molecule has 0 radical (unpaired) electrons. The van der Waals surface area contributed by atoms with E-state index in [0.29, 0.717) is 6.54 Å². The fourth-order valence-corrected chi connectivity index (χ4v) is 4.72. The van der Waals surface area contributed by atoms with Crippen molar-refractivity contribution in [3.63, 3.8) is 0 Å². The molecule has 0 aliphatic carbocycles. The number of carbonyl (C=O) groups is 1. The zero-order valence-electron chi connectivity index (χ0n) is 16.5. The van der Waals surface area contributed by atoms with Crippen LogP contribution in [-0.2, 0) is 10.0 Å². The second-order valence-electron chi connectivity index (χ2n) is 6.85. The SMILES string of the molecule is CN(C)C(CNC(=O)c1ccccc1NS(=O)(=O)c1ccc(F)cc1)c1ccsc1. The third kappa shape index (κ3) is 5.24. The molecule has 0 saturated carbocycles. The number of carbonyl (C=O) groups excluding carboxylic acids is 1. The van der Waals surface area contributed by atoms with E-state index < -0.39 is 21.7 Å². The summed E-state index contributed by atoms with van der Waals surface area (Å²) in [6.45, 7) is 0.363. The number of amides is 1. The Balaban J connectivity index is 1.77. The maximum atomic E-state index is 13.1. The molecule has 0 aliphatic rings. The Labute approximate surface area is 179 Å². The van der Waals surface area contributed by atoms with Gasteiger partial charge in [-0.1, -0.05) is 12.1 Å². The van der Waals surface area contributed by atoms with Gasteiger partial charge in [0.2, 0.25) is 0 Å². The summed E-state index contributed by atoms with van der Waals surface area (Å²) in [6.07, 6.45) is 0. The van der Waals surface area contributed by atoms with Gasteiger partial charge in [0.05, 0.1) is 22.2 Å². The van der Waals surface area contributed by atoms with Crippen LogP contribution in [0.3, 0.4) is 0 Å². The first-order valence-electron chi connectivity index (χ1n) is 9.12. The lowest BCUT2D eigenvalue weighted by molar-refractivity contribution is 0.0943. The highest BCUT2D eigenvalue weighted by molar-refractivity contribution is 7.92. The van der Waals surface area contributed by atoms with Gasteiger partial charge in [-0.05, 0) is 72.9 Å². The lowest BCUT2D eigenvalue weighted by Gasteiger charge is -2.24. The highest BCUT2D eigenvalue weighted by Crippen LogP contribution is 2.22. The van der Waals surface area contributed by atoms with E-state index in [1.807, 2.05) is 35.8 Å². The molecule has 0 saturated heterocycles. The van der Waals surface area contributed by atoms with Crippen molar-refractivity contribution in [1.82, 2.24) is 10.2 Å². The Morgan fingerprint density at radius 3 is 2.43 bits per heavy atom. The molecule has 0 spiro atoms. The summed E-state index contributed by atoms with van der Waals surface area (Å²) in [5.74, 6) is -0.927. The molecular weight excluding hydrogens is 425 g/mol. The molecule has 1 atom stereocenters. The van der Waals surface area contributed by atoms with Crippen LogP contribution in [0.15, 0.2) is 70.3 Å². The standard InChI is InChI=1S/C21H22FN3O3S2/c1-25(2)20(15-11-12-29-14-15)13-23-21(26)18-5-3-4-6-19(18)24-30(27,28)17-9-7-16(22)8-10-17/h3-12,14,20,24H,13H2,1-2H3,(H,23,26). The van der Waals surface area contributed by atoms with Crippen LogP contribution >= 0.6 is 11.3 Å². The monoisotopic (exact) mass is 447 g/mol. The van der Waals surface area contributed by atoms with Crippen LogP contribution in [0.1, 0.15) is 22.0 Å². The first kappa shape index (κ1) is 21.9. The van der Waals surface area contributed by atoms with Gasteiger partial charge in [0.25, 0.3) is 15.9 Å². The molecule has 2 N–H and O–H groups in total. The fraction of sp³-hybridized carbons (Fsp3) is 0.190. The summed E-state index contributed by atoms with van der Waals surface area (Å²) in [7, 11) is -0.110. The number of hydrogen-bond donors (Lipinski definition) is 2. The van der Waals surface area contributed by atoms with Crippen LogP contribution < -0.4 is 10.0 Å². The van der Waals surface area contributed by atoms with E-state index in [1.165, 1.54) is 18.2 Å². The number of likely N-dealkylation sites (N-methyl/N-ethyl adjacent to an activating group) is 1. The van der Waals surface area contributed by atoms with Gasteiger partial charge in [-0.3, -0.25) is 9.52 Å². The molecule has 1 heterocycles. The van der Waals surface area contributed by atoms with Gasteiger partial charge < -0.3 is 10.2 Å². The number of nitrogens with zero attached hydrogens (tertiary/aromatic N) is 1. The highest BCUT2D eigenvalue weighted by Gasteiger charge is 2.20. The molecule has 158 valence electrons. The average Bonchev–Trinajstić information content (AvgIpc) is 3.22. The molecule has 2 aromatic carbocycles. The van der Waals surface area contributed by atoms with Gasteiger partial charge in [-0.15, -0.1) is 0 Å². The number of benzene rings is 2. The quantitative estimate of drug-likeness (QED) is 0.552. The molecular formula is C21H22FN3O3S2. The lowest BCUT2D eigenvalue weighted by atomic mass is 10.1. The minimum Gasteiger partial charge on any atom is -0.350 e. The normalized spacial score (nSPS) is 12.5. The first-order valence-corrected chi connectivity index (χ1v) is 11.5. The summed E-state index contributed by atoms with van der Waals surface area (Å²) in [5, 5.41) is 6.89. The van der Waals surface area contributed by atoms with E-state index in [-0.39, 0.29) is 22.2 Å². The van der Waals surface area contributed by atoms with Crippen molar-refractivity contribution in [2.75, 3.05) is 25.4 Å². The Kier molecular flexibility index (Phi) is 6.86. The maximum Gasteiger partial charge on any atom is 0.261 e. The molecule has 1 amide bonds. The van der Waals surface area contributed by atoms with Crippen molar-refractivity contribution in [1.29, 1.82) is 0 Å². The minimum atomic E-state index is -3.97. The Morgan fingerprint density at radius 1 is 1.10 bits per heavy atom. The van der Waals surface area contributed by atoms with Crippen LogP contribution in [0.25, 0.3) is 0 Å². The van der Waals surface area contributed by atoms with Gasteiger partial charge in [-0.25, -0.2) is 12.8 Å². The summed E-state index contributed by atoms with van der Waals surface area (Å²) in [6, 6.07) is 12.8. The number of thiophene rings is 1. The predicted octanol–water partition coefficient (Wildman–Crippen LogP) is 3.72. The van der Waals surface area contributed by atoms with Gasteiger partial charge in [0.15, 0.2) is 0 Å². The molecule has 0 aliphatic heterocycles. The smallest absolute Gasteiger partial charge is 0.261 e. The van der Waals surface area contributed by atoms with E-state index in [4.69, 9.17) is 0 Å². The van der Waals surface area contributed by atoms with Crippen molar-refractivity contribution in [3.05, 3.63) is 82.3 Å². The van der Waals surface area contributed by atoms with Crippen molar-refractivity contribution in [3.8, 4) is 0 Å². The van der Waals surface area contributed by atoms with Crippen LogP contribution in [0.4, 0.5) is 10.1 Å². The number of para-hydroxylation sites is 1. The van der Waals surface area contributed by atoms with Crippen molar-refractivity contribution < 1.29 is 17.6 Å². The predicted molar refractivity (Wildman–Crippen MR) is 117 cm³/mol. The Bertz CT molecular complexity index is 1100. The Morgan fingerprint density at radius 2 is 1.80 bits per heavy atom. The summed E-state index contributed by atoms with van der Waals surface area (Å²) in [5.41, 5.74) is 1.44. The van der Waals surface area contributed by atoms with Crippen molar-refractivity contribution in [2.45, 2.75) is 10.9 Å². The molecule has 30 heavy (non-hydrogen) atoms. The third-order valence-electron chi connectivity index (χ3n) is 4.55. The summed E-state index contributed by atoms with van der Waals surface area (Å²) in [4.78, 5) is 14.7. The second kappa shape index (κ2) is 9.38. The van der Waals surface area contributed by atoms with Crippen molar-refractivity contribution in [2.24, 2.45) is 0 Å². The Hall–Kier alpha value is -2.75. The number of hydrogen-bond acceptors (Lipinski definition) is 5. The average molecular weight is 448 g/mol. The molecule has 1 unspecified atom stereocenters. The summed E-state index contributed by atoms with van der Waals surface area (Å²) >= 11 is 1.58. The number of rotatable bonds is 8. The van der Waals surface area contributed by atoms with Gasteiger partial charge in [0, 0.05) is 6.54 Å². The molecule has 3 rings (SSSR count). The largest absolute Gasteiger partial charge is 0.350 e. The van der Waals surface area contributed by atoms with Gasteiger partial charge >= 0.3 is 0 Å². The highest BCUT2D eigenvalue weighted by atomic mass is 32.2. The molecule has 6 nitrogen and oxygen atoms in total. The zero-order valence-corrected chi connectivity index (χ0v) is 18.1. The minimum absolute atomic E-state index is 0.0109. The first-order chi connectivity index (χ1) is 14.3. The van der Waals surface area contributed by atoms with Crippen LogP contribution in [0, 0.1) is 5.82 Å². The zero-order chi connectivity index (χ0) is 21.7. The number of sulfonamides is 1. The van der Waals surface area contributed by atoms with E-state index >= 15 is 0 Å². The van der Waals surface area contributed by atoms with E-state index in [1.54, 1.807) is 29.5 Å². The fourth-order valence-electron chi connectivity index (χ4n) is 2.94. The number of halogens is 1. The molecule has 1 aromatic heterocycles. The molecule has 3 aromatic rings. The molecule has 0 bridgehead atoms. The van der Waals surface area contributed by atoms with Gasteiger partial charge in [-0.2, -0.15) is 11.3 Å². The van der Waals surface area contributed by atoms with Crippen LogP contribution in [-0.4, -0.2) is 39.9 Å². The third-order valence-corrected chi connectivity index (χ3v) is 6.63. The molecule has 0 fully saturated rings. The number of nitrogens with one attached hydrogen (secondary N) is 2. The van der Waals surface area contributed by atoms with E-state index in [2.05, 4.69) is 10.0 Å². The number of anilines is 1. The summed E-state index contributed by atoms with van der Waals surface area (Å²) < 4.78 is 40.8. The van der Waals surface area contributed by atoms with E-state index in [9.17, 15) is 17.6 Å².